The molecule has 0 bridgehead atoms. The van der Waals surface area contributed by atoms with E-state index in [1.165, 1.54) is 40.5 Å². The highest BCUT2D eigenvalue weighted by Crippen LogP contribution is 2.37. The molecule has 0 N–H and O–H groups in total. The summed E-state index contributed by atoms with van der Waals surface area (Å²) in [6.07, 6.45) is -4.57. The lowest BCUT2D eigenvalue weighted by molar-refractivity contribution is -0.137. The number of halogens is 3. The monoisotopic (exact) mass is 431 g/mol. The third kappa shape index (κ3) is 3.68. The molecule has 3 heterocycles. The van der Waals surface area contributed by atoms with Gasteiger partial charge in [-0.15, -0.1) is 0 Å². The van der Waals surface area contributed by atoms with Crippen LogP contribution in [0, 0.1) is 6.92 Å². The minimum Gasteiger partial charge on any atom is -0.337 e. The zero-order valence-corrected chi connectivity index (χ0v) is 16.8. The number of amides is 1. The number of fused-ring (bicyclic) bond motifs is 1. The van der Waals surface area contributed by atoms with Crippen molar-refractivity contribution in [1.29, 1.82) is 0 Å². The SMILES string of the molecule is Cc1noc2nc(-c3ccccc3C(F)(F)F)cc(C(=O)N(C)Cc3ccsc3)c12. The lowest BCUT2D eigenvalue weighted by Gasteiger charge is -2.18. The van der Waals surface area contributed by atoms with Crippen molar-refractivity contribution in [2.24, 2.45) is 0 Å². The van der Waals surface area contributed by atoms with Gasteiger partial charge in [0.15, 0.2) is 0 Å². The first kappa shape index (κ1) is 20.1. The van der Waals surface area contributed by atoms with E-state index in [9.17, 15) is 18.0 Å². The molecular formula is C21H16F3N3O2S. The summed E-state index contributed by atoms with van der Waals surface area (Å²) in [5.41, 5.74) is 0.663. The van der Waals surface area contributed by atoms with Gasteiger partial charge in [-0.2, -0.15) is 24.5 Å². The zero-order valence-electron chi connectivity index (χ0n) is 16.0. The van der Waals surface area contributed by atoms with Crippen molar-refractivity contribution >= 4 is 28.3 Å². The van der Waals surface area contributed by atoms with E-state index >= 15 is 0 Å². The summed E-state index contributed by atoms with van der Waals surface area (Å²) < 4.78 is 45.7. The van der Waals surface area contributed by atoms with Crippen molar-refractivity contribution in [2.45, 2.75) is 19.6 Å². The number of aryl methyl sites for hydroxylation is 1. The van der Waals surface area contributed by atoms with Crippen molar-refractivity contribution in [3.05, 3.63) is 69.5 Å². The number of hydrogen-bond acceptors (Lipinski definition) is 5. The summed E-state index contributed by atoms with van der Waals surface area (Å²) >= 11 is 1.52. The fourth-order valence-electron chi connectivity index (χ4n) is 3.29. The maximum Gasteiger partial charge on any atom is 0.417 e. The van der Waals surface area contributed by atoms with Gasteiger partial charge in [-0.1, -0.05) is 23.4 Å². The van der Waals surface area contributed by atoms with Crippen LogP contribution in [-0.2, 0) is 12.7 Å². The average molecular weight is 431 g/mol. The largest absolute Gasteiger partial charge is 0.417 e. The van der Waals surface area contributed by atoms with Gasteiger partial charge in [-0.25, -0.2) is 4.98 Å². The van der Waals surface area contributed by atoms with Gasteiger partial charge < -0.3 is 9.42 Å². The molecule has 0 aliphatic heterocycles. The fourth-order valence-corrected chi connectivity index (χ4v) is 3.95. The Balaban J connectivity index is 1.85. The third-order valence-corrected chi connectivity index (χ3v) is 5.43. The maximum atomic E-state index is 13.5. The first-order valence-corrected chi connectivity index (χ1v) is 9.90. The fraction of sp³-hybridized carbons (Fsp3) is 0.190. The van der Waals surface area contributed by atoms with Crippen LogP contribution in [0.15, 0.2) is 51.7 Å². The summed E-state index contributed by atoms with van der Waals surface area (Å²) in [5.74, 6) is -0.356. The van der Waals surface area contributed by atoms with Gasteiger partial charge in [0.2, 0.25) is 0 Å². The van der Waals surface area contributed by atoms with Crippen LogP contribution in [0.5, 0.6) is 0 Å². The Hall–Kier alpha value is -3.20. The van der Waals surface area contributed by atoms with Crippen LogP contribution in [0.1, 0.15) is 27.2 Å². The zero-order chi connectivity index (χ0) is 21.5. The lowest BCUT2D eigenvalue weighted by Crippen LogP contribution is -2.26. The molecule has 4 aromatic rings. The first-order chi connectivity index (χ1) is 14.3. The molecule has 0 radical (unpaired) electrons. The van der Waals surface area contributed by atoms with E-state index in [-0.39, 0.29) is 28.4 Å². The highest BCUT2D eigenvalue weighted by molar-refractivity contribution is 7.07. The Morgan fingerprint density at radius 2 is 2.00 bits per heavy atom. The molecule has 0 aliphatic rings. The van der Waals surface area contributed by atoms with Crippen LogP contribution in [0.25, 0.3) is 22.4 Å². The highest BCUT2D eigenvalue weighted by Gasteiger charge is 2.34. The van der Waals surface area contributed by atoms with Gasteiger partial charge in [0, 0.05) is 19.2 Å². The summed E-state index contributed by atoms with van der Waals surface area (Å²) in [5, 5.41) is 8.09. The molecule has 0 spiro atoms. The van der Waals surface area contributed by atoms with Crippen molar-refractivity contribution < 1.29 is 22.5 Å². The number of rotatable bonds is 4. The van der Waals surface area contributed by atoms with Crippen LogP contribution in [0.3, 0.4) is 0 Å². The molecule has 30 heavy (non-hydrogen) atoms. The number of carbonyl (C=O) groups excluding carboxylic acids is 1. The number of thiophene rings is 1. The van der Waals surface area contributed by atoms with Gasteiger partial charge in [-0.3, -0.25) is 4.79 Å². The maximum absolute atomic E-state index is 13.5. The predicted molar refractivity (Wildman–Crippen MR) is 107 cm³/mol. The van der Waals surface area contributed by atoms with Gasteiger partial charge in [0.05, 0.1) is 27.9 Å². The van der Waals surface area contributed by atoms with Crippen LogP contribution in [-0.4, -0.2) is 28.0 Å². The molecule has 0 fully saturated rings. The van der Waals surface area contributed by atoms with Gasteiger partial charge in [0.1, 0.15) is 0 Å². The molecule has 154 valence electrons. The Morgan fingerprint density at radius 3 is 2.70 bits per heavy atom. The van der Waals surface area contributed by atoms with Crippen molar-refractivity contribution in [2.75, 3.05) is 7.05 Å². The molecule has 4 rings (SSSR count). The summed E-state index contributed by atoms with van der Waals surface area (Å²) in [4.78, 5) is 18.9. The number of nitrogens with zero attached hydrogens (tertiary/aromatic N) is 3. The summed E-state index contributed by atoms with van der Waals surface area (Å²) in [6, 6.07) is 8.40. The Morgan fingerprint density at radius 1 is 1.23 bits per heavy atom. The second-order valence-corrected chi connectivity index (χ2v) is 7.62. The second-order valence-electron chi connectivity index (χ2n) is 6.84. The van der Waals surface area contributed by atoms with E-state index in [1.807, 2.05) is 16.8 Å². The molecule has 0 saturated heterocycles. The van der Waals surface area contributed by atoms with Crippen LogP contribution >= 0.6 is 11.3 Å². The minimum atomic E-state index is -4.57. The van der Waals surface area contributed by atoms with Crippen LogP contribution in [0.2, 0.25) is 0 Å². The van der Waals surface area contributed by atoms with Crippen LogP contribution < -0.4 is 0 Å². The number of carbonyl (C=O) groups is 1. The Kier molecular flexibility index (Phi) is 5.07. The molecule has 0 atom stereocenters. The molecule has 0 aliphatic carbocycles. The van der Waals surface area contributed by atoms with Crippen molar-refractivity contribution in [3.8, 4) is 11.3 Å². The number of hydrogen-bond donors (Lipinski definition) is 0. The predicted octanol–water partition coefficient (Wildman–Crippen LogP) is 5.55. The molecule has 1 amide bonds. The van der Waals surface area contributed by atoms with E-state index in [2.05, 4.69) is 10.1 Å². The second kappa shape index (κ2) is 7.56. The normalized spacial score (nSPS) is 11.8. The van der Waals surface area contributed by atoms with E-state index in [1.54, 1.807) is 14.0 Å². The standard InChI is InChI=1S/C21H16F3N3O2S/c1-12-18-15(20(28)27(2)10-13-7-8-30-11-13)9-17(25-19(18)29-26-12)14-5-3-4-6-16(14)21(22,23)24/h3-9,11H,10H2,1-2H3. The lowest BCUT2D eigenvalue weighted by atomic mass is 10.0. The molecule has 0 saturated carbocycles. The Bertz CT molecular complexity index is 1220. The quantitative estimate of drug-likeness (QED) is 0.425. The van der Waals surface area contributed by atoms with Crippen molar-refractivity contribution in [1.82, 2.24) is 15.0 Å². The number of benzene rings is 1. The number of pyridine rings is 1. The van der Waals surface area contributed by atoms with E-state index in [0.717, 1.165) is 11.6 Å². The highest BCUT2D eigenvalue weighted by atomic mass is 32.1. The minimum absolute atomic E-state index is 0.00106. The topological polar surface area (TPSA) is 59.2 Å². The van der Waals surface area contributed by atoms with Gasteiger partial charge >= 0.3 is 6.18 Å². The molecule has 9 heteroatoms. The summed E-state index contributed by atoms with van der Waals surface area (Å²) in [7, 11) is 1.64. The third-order valence-electron chi connectivity index (χ3n) is 4.70. The van der Waals surface area contributed by atoms with E-state index in [4.69, 9.17) is 4.52 Å². The van der Waals surface area contributed by atoms with E-state index < -0.39 is 11.7 Å². The average Bonchev–Trinajstić information content (AvgIpc) is 3.36. The van der Waals surface area contributed by atoms with Gasteiger partial charge in [0.25, 0.3) is 11.6 Å². The molecule has 3 aromatic heterocycles. The summed E-state index contributed by atoms with van der Waals surface area (Å²) in [6.45, 7) is 2.03. The van der Waals surface area contributed by atoms with Gasteiger partial charge in [-0.05, 0) is 41.4 Å². The Labute approximate surface area is 173 Å². The number of alkyl halides is 3. The van der Waals surface area contributed by atoms with Crippen LogP contribution in [0.4, 0.5) is 13.2 Å². The molecule has 0 unspecified atom stereocenters. The van der Waals surface area contributed by atoms with Crippen molar-refractivity contribution in [3.63, 3.8) is 0 Å². The van der Waals surface area contributed by atoms with E-state index in [0.29, 0.717) is 17.6 Å². The molecular weight excluding hydrogens is 415 g/mol. The smallest absolute Gasteiger partial charge is 0.337 e. The first-order valence-electron chi connectivity index (χ1n) is 8.96. The molecule has 5 nitrogen and oxygen atoms in total. The molecule has 1 aromatic carbocycles. The number of aromatic nitrogens is 2.